The molecular formula is C24H21OZr. The van der Waals surface area contributed by atoms with Crippen molar-refractivity contribution in [2.24, 2.45) is 0 Å². The monoisotopic (exact) mass is 415 g/mol. The summed E-state index contributed by atoms with van der Waals surface area (Å²) >= 11 is 0. The van der Waals surface area contributed by atoms with E-state index in [1.165, 1.54) is 58.2 Å². The van der Waals surface area contributed by atoms with Crippen molar-refractivity contribution < 1.29 is 30.6 Å². The SMILES string of the molecule is Cc1cc(C2=Cc3c(cc4c(c3-c3ccccc3)CCC4)[CH]2)oc1C.[Zr]. The molecule has 0 fully saturated rings. The number of benzene rings is 2. The minimum absolute atomic E-state index is 0. The van der Waals surface area contributed by atoms with Gasteiger partial charge in [0.25, 0.3) is 0 Å². The van der Waals surface area contributed by atoms with Gasteiger partial charge in [0.05, 0.1) is 0 Å². The van der Waals surface area contributed by atoms with E-state index in [-0.39, 0.29) is 26.2 Å². The van der Waals surface area contributed by atoms with Crippen molar-refractivity contribution in [3.63, 3.8) is 0 Å². The Morgan fingerprint density at radius 1 is 0.962 bits per heavy atom. The Morgan fingerprint density at radius 2 is 1.77 bits per heavy atom. The minimum Gasteiger partial charge on any atom is -0.461 e. The first-order valence-corrected chi connectivity index (χ1v) is 9.09. The zero-order valence-electron chi connectivity index (χ0n) is 15.2. The third kappa shape index (κ3) is 2.80. The van der Waals surface area contributed by atoms with Gasteiger partial charge in [0.1, 0.15) is 11.5 Å². The molecule has 2 aliphatic carbocycles. The molecular weight excluding hydrogens is 395 g/mol. The maximum Gasteiger partial charge on any atom is 0.131 e. The number of hydrogen-bond acceptors (Lipinski definition) is 1. The van der Waals surface area contributed by atoms with E-state index in [1.807, 2.05) is 6.92 Å². The van der Waals surface area contributed by atoms with Gasteiger partial charge in [-0.1, -0.05) is 36.4 Å². The van der Waals surface area contributed by atoms with E-state index in [9.17, 15) is 0 Å². The molecule has 2 aromatic carbocycles. The van der Waals surface area contributed by atoms with Gasteiger partial charge in [-0.2, -0.15) is 0 Å². The van der Waals surface area contributed by atoms with Crippen LogP contribution in [-0.4, -0.2) is 0 Å². The number of rotatable bonds is 2. The molecule has 0 amide bonds. The van der Waals surface area contributed by atoms with Gasteiger partial charge in [0, 0.05) is 38.2 Å². The van der Waals surface area contributed by atoms with Gasteiger partial charge in [0.2, 0.25) is 0 Å². The molecule has 1 heterocycles. The number of furan rings is 1. The molecule has 0 saturated carbocycles. The third-order valence-corrected chi connectivity index (χ3v) is 5.60. The first-order valence-electron chi connectivity index (χ1n) is 9.09. The average molecular weight is 417 g/mol. The predicted octanol–water partition coefficient (Wildman–Crippen LogP) is 6.16. The van der Waals surface area contributed by atoms with Crippen molar-refractivity contribution in [1.29, 1.82) is 0 Å². The van der Waals surface area contributed by atoms with Crippen LogP contribution >= 0.6 is 0 Å². The zero-order valence-corrected chi connectivity index (χ0v) is 17.7. The summed E-state index contributed by atoms with van der Waals surface area (Å²) in [5.41, 5.74) is 10.9. The molecule has 26 heavy (non-hydrogen) atoms. The maximum absolute atomic E-state index is 5.98. The van der Waals surface area contributed by atoms with Gasteiger partial charge in [-0.05, 0) is 84.2 Å². The van der Waals surface area contributed by atoms with Gasteiger partial charge in [0.15, 0.2) is 0 Å². The van der Waals surface area contributed by atoms with Crippen molar-refractivity contribution in [2.45, 2.75) is 33.1 Å². The molecule has 0 N–H and O–H groups in total. The predicted molar refractivity (Wildman–Crippen MR) is 103 cm³/mol. The Bertz CT molecular complexity index is 989. The summed E-state index contributed by atoms with van der Waals surface area (Å²) in [6.07, 6.45) is 8.26. The largest absolute Gasteiger partial charge is 0.461 e. The first kappa shape index (κ1) is 17.7. The number of aryl methyl sites for hydroxylation is 3. The van der Waals surface area contributed by atoms with Gasteiger partial charge >= 0.3 is 0 Å². The summed E-state index contributed by atoms with van der Waals surface area (Å²) in [6, 6.07) is 15.4. The molecule has 1 radical (unpaired) electrons. The van der Waals surface area contributed by atoms with Crippen LogP contribution in [0.2, 0.25) is 0 Å². The second-order valence-corrected chi connectivity index (χ2v) is 7.21. The summed E-state index contributed by atoms with van der Waals surface area (Å²) in [4.78, 5) is 0. The Hall–Kier alpha value is -1.66. The molecule has 0 atom stereocenters. The topological polar surface area (TPSA) is 13.1 Å². The van der Waals surface area contributed by atoms with E-state index in [4.69, 9.17) is 4.42 Å². The standard InChI is InChI=1S/C24H21O.Zr/c1-15-11-23(25-16(15)2)20-13-19-12-18-9-6-10-21(18)24(22(19)14-20)17-7-4-3-5-8-17;/h3-5,7-8,11-14H,6,9-10H2,1-2H3;. The fourth-order valence-corrected chi connectivity index (χ4v) is 4.22. The summed E-state index contributed by atoms with van der Waals surface area (Å²) < 4.78 is 5.98. The van der Waals surface area contributed by atoms with Crippen LogP contribution in [0.1, 0.15) is 45.8 Å². The summed E-state index contributed by atoms with van der Waals surface area (Å²) in [6.45, 7) is 4.14. The molecule has 0 spiro atoms. The van der Waals surface area contributed by atoms with E-state index >= 15 is 0 Å². The Labute approximate surface area is 174 Å². The van der Waals surface area contributed by atoms with Crippen LogP contribution in [0.3, 0.4) is 0 Å². The minimum atomic E-state index is 0. The molecule has 127 valence electrons. The van der Waals surface area contributed by atoms with Crippen molar-refractivity contribution in [2.75, 3.05) is 0 Å². The molecule has 1 nitrogen and oxygen atoms in total. The third-order valence-electron chi connectivity index (χ3n) is 5.60. The second-order valence-electron chi connectivity index (χ2n) is 7.21. The van der Waals surface area contributed by atoms with Crippen LogP contribution in [0.25, 0.3) is 22.8 Å². The van der Waals surface area contributed by atoms with Crippen LogP contribution in [-0.2, 0) is 39.0 Å². The molecule has 0 aliphatic heterocycles. The fourth-order valence-electron chi connectivity index (χ4n) is 4.22. The van der Waals surface area contributed by atoms with E-state index in [0.29, 0.717) is 0 Å². The van der Waals surface area contributed by atoms with Crippen molar-refractivity contribution in [1.82, 2.24) is 0 Å². The molecule has 0 bridgehead atoms. The molecule has 5 rings (SSSR count). The molecule has 0 saturated heterocycles. The fraction of sp³-hybridized carbons (Fsp3) is 0.208. The van der Waals surface area contributed by atoms with Gasteiger partial charge in [-0.3, -0.25) is 0 Å². The normalized spacial score (nSPS) is 14.6. The van der Waals surface area contributed by atoms with Crippen LogP contribution in [0.4, 0.5) is 0 Å². The number of fused-ring (bicyclic) bond motifs is 2. The molecule has 2 aliphatic rings. The number of allylic oxidation sites excluding steroid dienone is 1. The van der Waals surface area contributed by atoms with E-state index in [2.05, 4.69) is 61.9 Å². The summed E-state index contributed by atoms with van der Waals surface area (Å²) in [5.74, 6) is 1.98. The first-order chi connectivity index (χ1) is 12.2. The molecule has 1 aromatic heterocycles. The van der Waals surface area contributed by atoms with Gasteiger partial charge < -0.3 is 4.42 Å². The van der Waals surface area contributed by atoms with E-state index in [0.717, 1.165) is 11.5 Å². The molecule has 3 aromatic rings. The average Bonchev–Trinajstić information content (AvgIpc) is 3.32. The Balaban J connectivity index is 0.00000168. The summed E-state index contributed by atoms with van der Waals surface area (Å²) in [7, 11) is 0. The number of hydrogen-bond donors (Lipinski definition) is 0. The molecule has 2 heteroatoms. The summed E-state index contributed by atoms with van der Waals surface area (Å²) in [5, 5.41) is 0. The van der Waals surface area contributed by atoms with Crippen molar-refractivity contribution >= 4 is 11.6 Å². The van der Waals surface area contributed by atoms with Gasteiger partial charge in [-0.25, -0.2) is 0 Å². The quantitative estimate of drug-likeness (QED) is 0.488. The van der Waals surface area contributed by atoms with E-state index in [1.54, 1.807) is 5.56 Å². The maximum atomic E-state index is 5.98. The van der Waals surface area contributed by atoms with E-state index < -0.39 is 0 Å². The Kier molecular flexibility index (Phi) is 4.65. The second kappa shape index (κ2) is 6.82. The van der Waals surface area contributed by atoms with Crippen LogP contribution in [0.15, 0.2) is 46.9 Å². The van der Waals surface area contributed by atoms with Crippen molar-refractivity contribution in [3.05, 3.63) is 88.2 Å². The smallest absolute Gasteiger partial charge is 0.131 e. The van der Waals surface area contributed by atoms with Gasteiger partial charge in [-0.15, -0.1) is 0 Å². The zero-order chi connectivity index (χ0) is 17.0. The van der Waals surface area contributed by atoms with Crippen LogP contribution < -0.4 is 0 Å². The van der Waals surface area contributed by atoms with Crippen LogP contribution in [0.5, 0.6) is 0 Å². The van der Waals surface area contributed by atoms with Crippen molar-refractivity contribution in [3.8, 4) is 11.1 Å². The Morgan fingerprint density at radius 3 is 2.50 bits per heavy atom. The molecule has 0 unspecified atom stereocenters. The van der Waals surface area contributed by atoms with Crippen LogP contribution in [0, 0.1) is 20.3 Å².